The number of nitrogens with zero attached hydrogens (tertiary/aromatic N) is 3. The standard InChI is InChI=1S/C22H24N4O/c1-17-3-5-19(6-4-17)15-25-22(27)20-7-8-21(24-16-20)26(2)14-11-18-9-12-23-13-10-18/h3-10,12-13,16H,11,14-15H2,1-2H3,(H,25,27). The van der Waals surface area contributed by atoms with Crippen molar-refractivity contribution in [2.75, 3.05) is 18.5 Å². The maximum absolute atomic E-state index is 12.3. The van der Waals surface area contributed by atoms with E-state index < -0.39 is 0 Å². The van der Waals surface area contributed by atoms with Crippen molar-refractivity contribution in [1.82, 2.24) is 15.3 Å². The number of pyridine rings is 2. The number of rotatable bonds is 7. The minimum absolute atomic E-state index is 0.117. The number of anilines is 1. The molecule has 0 atom stereocenters. The first kappa shape index (κ1) is 18.6. The van der Waals surface area contributed by atoms with Gasteiger partial charge in [-0.25, -0.2) is 4.98 Å². The lowest BCUT2D eigenvalue weighted by Gasteiger charge is -2.18. The fraction of sp³-hybridized carbons (Fsp3) is 0.227. The second-order valence-corrected chi connectivity index (χ2v) is 6.60. The third kappa shape index (κ3) is 5.38. The summed E-state index contributed by atoms with van der Waals surface area (Å²) in [6.07, 6.45) is 6.15. The van der Waals surface area contributed by atoms with Crippen LogP contribution in [0.25, 0.3) is 0 Å². The van der Waals surface area contributed by atoms with Crippen LogP contribution in [0.3, 0.4) is 0 Å². The molecule has 27 heavy (non-hydrogen) atoms. The molecule has 0 aliphatic rings. The van der Waals surface area contributed by atoms with E-state index in [0.717, 1.165) is 24.3 Å². The van der Waals surface area contributed by atoms with E-state index in [-0.39, 0.29) is 5.91 Å². The van der Waals surface area contributed by atoms with Crippen LogP contribution >= 0.6 is 0 Å². The van der Waals surface area contributed by atoms with Crippen LogP contribution in [0.1, 0.15) is 27.0 Å². The van der Waals surface area contributed by atoms with E-state index in [0.29, 0.717) is 12.1 Å². The SMILES string of the molecule is Cc1ccc(CNC(=O)c2ccc(N(C)CCc3ccncc3)nc2)cc1. The minimum atomic E-state index is -0.117. The van der Waals surface area contributed by atoms with Gasteiger partial charge < -0.3 is 10.2 Å². The molecule has 0 saturated carbocycles. The van der Waals surface area contributed by atoms with Gasteiger partial charge in [0.05, 0.1) is 5.56 Å². The Kier molecular flexibility index (Phi) is 6.15. The van der Waals surface area contributed by atoms with Gasteiger partial charge in [0.2, 0.25) is 0 Å². The normalized spacial score (nSPS) is 10.4. The van der Waals surface area contributed by atoms with Gasteiger partial charge in [0.25, 0.3) is 5.91 Å². The van der Waals surface area contributed by atoms with Crippen LogP contribution < -0.4 is 10.2 Å². The molecule has 0 aliphatic carbocycles. The van der Waals surface area contributed by atoms with E-state index in [1.54, 1.807) is 18.6 Å². The summed E-state index contributed by atoms with van der Waals surface area (Å²) in [5.41, 5.74) is 4.09. The van der Waals surface area contributed by atoms with E-state index in [9.17, 15) is 4.79 Å². The lowest BCUT2D eigenvalue weighted by molar-refractivity contribution is 0.0950. The van der Waals surface area contributed by atoms with Gasteiger partial charge in [-0.15, -0.1) is 0 Å². The summed E-state index contributed by atoms with van der Waals surface area (Å²) >= 11 is 0. The van der Waals surface area contributed by atoms with Crippen molar-refractivity contribution >= 4 is 11.7 Å². The highest BCUT2D eigenvalue weighted by Gasteiger charge is 2.08. The Morgan fingerprint density at radius 3 is 2.41 bits per heavy atom. The number of benzene rings is 1. The highest BCUT2D eigenvalue weighted by atomic mass is 16.1. The van der Waals surface area contributed by atoms with Crippen molar-refractivity contribution in [3.63, 3.8) is 0 Å². The number of likely N-dealkylation sites (N-methyl/N-ethyl adjacent to an activating group) is 1. The van der Waals surface area contributed by atoms with Crippen LogP contribution in [0, 0.1) is 6.92 Å². The molecule has 0 bridgehead atoms. The topological polar surface area (TPSA) is 58.1 Å². The minimum Gasteiger partial charge on any atom is -0.359 e. The Balaban J connectivity index is 1.52. The van der Waals surface area contributed by atoms with Crippen LogP contribution in [0.15, 0.2) is 67.1 Å². The average molecular weight is 360 g/mol. The number of hydrogen-bond acceptors (Lipinski definition) is 4. The largest absolute Gasteiger partial charge is 0.359 e. The van der Waals surface area contributed by atoms with Crippen molar-refractivity contribution in [1.29, 1.82) is 0 Å². The maximum Gasteiger partial charge on any atom is 0.253 e. The second-order valence-electron chi connectivity index (χ2n) is 6.60. The molecule has 1 N–H and O–H groups in total. The molecular formula is C22H24N4O. The van der Waals surface area contributed by atoms with Crippen LogP contribution in [0.4, 0.5) is 5.82 Å². The zero-order chi connectivity index (χ0) is 19.1. The molecule has 0 radical (unpaired) electrons. The van der Waals surface area contributed by atoms with Crippen molar-refractivity contribution < 1.29 is 4.79 Å². The van der Waals surface area contributed by atoms with Gasteiger partial charge >= 0.3 is 0 Å². The average Bonchev–Trinajstić information content (AvgIpc) is 2.72. The van der Waals surface area contributed by atoms with Crippen LogP contribution in [0.5, 0.6) is 0 Å². The summed E-state index contributed by atoms with van der Waals surface area (Å²) in [6, 6.07) is 15.9. The fourth-order valence-corrected chi connectivity index (χ4v) is 2.70. The zero-order valence-corrected chi connectivity index (χ0v) is 15.7. The molecule has 5 nitrogen and oxygen atoms in total. The van der Waals surface area contributed by atoms with Gasteiger partial charge in [-0.1, -0.05) is 29.8 Å². The lowest BCUT2D eigenvalue weighted by Crippen LogP contribution is -2.24. The number of hydrogen-bond donors (Lipinski definition) is 1. The molecule has 5 heteroatoms. The molecule has 3 aromatic rings. The molecule has 0 spiro atoms. The van der Waals surface area contributed by atoms with Gasteiger partial charge in [-0.2, -0.15) is 0 Å². The van der Waals surface area contributed by atoms with Crippen molar-refractivity contribution in [3.05, 3.63) is 89.4 Å². The second kappa shape index (κ2) is 8.94. The smallest absolute Gasteiger partial charge is 0.253 e. The van der Waals surface area contributed by atoms with Crippen molar-refractivity contribution in [2.45, 2.75) is 19.9 Å². The molecule has 3 rings (SSSR count). The Morgan fingerprint density at radius 2 is 1.74 bits per heavy atom. The molecule has 138 valence electrons. The number of nitrogens with one attached hydrogen (secondary N) is 1. The van der Waals surface area contributed by atoms with Gasteiger partial charge in [0.15, 0.2) is 0 Å². The Labute approximate surface area is 160 Å². The maximum atomic E-state index is 12.3. The molecule has 2 heterocycles. The van der Waals surface area contributed by atoms with Gasteiger partial charge in [-0.3, -0.25) is 9.78 Å². The fourth-order valence-electron chi connectivity index (χ4n) is 2.70. The van der Waals surface area contributed by atoms with E-state index in [1.807, 2.05) is 62.5 Å². The first-order chi connectivity index (χ1) is 13.1. The third-order valence-corrected chi connectivity index (χ3v) is 4.46. The Hall–Kier alpha value is -3.21. The Morgan fingerprint density at radius 1 is 1.00 bits per heavy atom. The summed E-state index contributed by atoms with van der Waals surface area (Å²) in [5.74, 6) is 0.730. The molecule has 1 amide bonds. The lowest BCUT2D eigenvalue weighted by atomic mass is 10.1. The number of carbonyl (C=O) groups is 1. The number of amides is 1. The molecule has 1 aromatic carbocycles. The molecule has 0 unspecified atom stereocenters. The quantitative estimate of drug-likeness (QED) is 0.702. The monoisotopic (exact) mass is 360 g/mol. The number of aromatic nitrogens is 2. The highest BCUT2D eigenvalue weighted by Crippen LogP contribution is 2.11. The molecular weight excluding hydrogens is 336 g/mol. The van der Waals surface area contributed by atoms with Gasteiger partial charge in [-0.05, 0) is 48.7 Å². The molecule has 0 saturated heterocycles. The third-order valence-electron chi connectivity index (χ3n) is 4.46. The summed E-state index contributed by atoms with van der Waals surface area (Å²) in [4.78, 5) is 22.8. The molecule has 2 aromatic heterocycles. The Bertz CT molecular complexity index is 861. The van der Waals surface area contributed by atoms with Gasteiger partial charge in [0.1, 0.15) is 5.82 Å². The highest BCUT2D eigenvalue weighted by molar-refractivity contribution is 5.94. The number of aryl methyl sites for hydroxylation is 1. The van der Waals surface area contributed by atoms with Crippen LogP contribution in [0.2, 0.25) is 0 Å². The predicted octanol–water partition coefficient (Wildman–Crippen LogP) is 3.39. The van der Waals surface area contributed by atoms with Crippen LogP contribution in [-0.2, 0) is 13.0 Å². The molecule has 0 aliphatic heterocycles. The predicted molar refractivity (Wildman–Crippen MR) is 108 cm³/mol. The zero-order valence-electron chi connectivity index (χ0n) is 15.7. The van der Waals surface area contributed by atoms with E-state index in [2.05, 4.69) is 20.2 Å². The molecule has 0 fully saturated rings. The first-order valence-corrected chi connectivity index (χ1v) is 9.01. The first-order valence-electron chi connectivity index (χ1n) is 9.01. The van der Waals surface area contributed by atoms with Gasteiger partial charge in [0, 0.05) is 38.7 Å². The van der Waals surface area contributed by atoms with Crippen molar-refractivity contribution in [2.24, 2.45) is 0 Å². The summed E-state index contributed by atoms with van der Waals surface area (Å²) in [5, 5.41) is 2.93. The van der Waals surface area contributed by atoms with E-state index >= 15 is 0 Å². The summed E-state index contributed by atoms with van der Waals surface area (Å²) in [7, 11) is 2.00. The number of carbonyl (C=O) groups excluding carboxylic acids is 1. The van der Waals surface area contributed by atoms with E-state index in [1.165, 1.54) is 11.1 Å². The summed E-state index contributed by atoms with van der Waals surface area (Å²) in [6.45, 7) is 3.40. The van der Waals surface area contributed by atoms with E-state index in [4.69, 9.17) is 0 Å². The van der Waals surface area contributed by atoms with Crippen molar-refractivity contribution in [3.8, 4) is 0 Å². The summed E-state index contributed by atoms with van der Waals surface area (Å²) < 4.78 is 0. The van der Waals surface area contributed by atoms with Crippen LogP contribution in [-0.4, -0.2) is 29.5 Å².